The number of hydrogen-bond donors (Lipinski definition) is 1. The fraction of sp³-hybridized carbons (Fsp3) is 0.333. The summed E-state index contributed by atoms with van der Waals surface area (Å²) in [5.74, 6) is 1.14. The molecule has 1 heterocycles. The Morgan fingerprint density at radius 3 is 2.55 bits per heavy atom. The summed E-state index contributed by atoms with van der Waals surface area (Å²) in [6.45, 7) is 2.11. The van der Waals surface area contributed by atoms with Crippen molar-refractivity contribution >= 4 is 39.5 Å². The van der Waals surface area contributed by atoms with E-state index in [0.717, 1.165) is 11.3 Å². The number of urea groups is 1. The normalized spacial score (nSPS) is 18.7. The van der Waals surface area contributed by atoms with Gasteiger partial charge in [0.2, 0.25) is 0 Å². The summed E-state index contributed by atoms with van der Waals surface area (Å²) in [6.07, 6.45) is 1.17. The van der Waals surface area contributed by atoms with Crippen LogP contribution in [0, 0.1) is 0 Å². The lowest BCUT2D eigenvalue weighted by Crippen LogP contribution is -2.44. The highest BCUT2D eigenvalue weighted by Gasteiger charge is 2.47. The zero-order valence-electron chi connectivity index (χ0n) is 16.2. The van der Waals surface area contributed by atoms with Crippen LogP contribution in [0.15, 0.2) is 46.9 Å². The average molecular weight is 482 g/mol. The van der Waals surface area contributed by atoms with Crippen LogP contribution in [0.25, 0.3) is 0 Å². The van der Waals surface area contributed by atoms with Crippen LogP contribution in [-0.4, -0.2) is 42.6 Å². The number of imide groups is 1. The number of ether oxygens (including phenoxy) is 2. The number of carbonyl (C=O) groups is 2. The van der Waals surface area contributed by atoms with E-state index < -0.39 is 11.6 Å². The molecule has 1 saturated heterocycles. The molecule has 2 aromatic carbocycles. The standard InChI is InChI=1S/C21H22BrClN2O4/c1-21(10-9-14-3-6-16(28-2)7-4-14)19(26)25(20(27)24-21)11-12-29-18-8-5-15(23)13-17(18)22/h3-8,13H,9-12H2,1-2H3,(H,24,27). The van der Waals surface area contributed by atoms with Crippen molar-refractivity contribution in [2.24, 2.45) is 0 Å². The van der Waals surface area contributed by atoms with Gasteiger partial charge in [0.05, 0.1) is 18.1 Å². The molecule has 0 aliphatic carbocycles. The Hall–Kier alpha value is -2.25. The average Bonchev–Trinajstić information content (AvgIpc) is 2.91. The SMILES string of the molecule is COc1ccc(CCC2(C)NC(=O)N(CCOc3ccc(Cl)cc3Br)C2=O)cc1. The molecule has 1 N–H and O–H groups in total. The minimum atomic E-state index is -0.933. The number of nitrogens with one attached hydrogen (secondary N) is 1. The van der Waals surface area contributed by atoms with E-state index in [9.17, 15) is 9.59 Å². The molecule has 0 bridgehead atoms. The molecule has 1 aliphatic heterocycles. The van der Waals surface area contributed by atoms with Gasteiger partial charge in [-0.25, -0.2) is 4.79 Å². The molecule has 3 amide bonds. The second kappa shape index (κ2) is 9.05. The third-order valence-corrected chi connectivity index (χ3v) is 5.74. The number of amides is 3. The summed E-state index contributed by atoms with van der Waals surface area (Å²) < 4.78 is 11.5. The van der Waals surface area contributed by atoms with Crippen LogP contribution in [0.2, 0.25) is 5.02 Å². The van der Waals surface area contributed by atoms with Crippen molar-refractivity contribution in [1.82, 2.24) is 10.2 Å². The van der Waals surface area contributed by atoms with Crippen molar-refractivity contribution in [3.05, 3.63) is 57.5 Å². The van der Waals surface area contributed by atoms with E-state index >= 15 is 0 Å². The highest BCUT2D eigenvalue weighted by Crippen LogP contribution is 2.28. The Morgan fingerprint density at radius 2 is 1.90 bits per heavy atom. The molecule has 8 heteroatoms. The molecule has 3 rings (SSSR count). The zero-order valence-corrected chi connectivity index (χ0v) is 18.5. The first-order valence-corrected chi connectivity index (χ1v) is 10.3. The van der Waals surface area contributed by atoms with E-state index in [2.05, 4.69) is 21.2 Å². The van der Waals surface area contributed by atoms with Gasteiger partial charge in [-0.2, -0.15) is 0 Å². The first-order valence-electron chi connectivity index (χ1n) is 9.17. The molecule has 0 radical (unpaired) electrons. The van der Waals surface area contributed by atoms with E-state index in [1.807, 2.05) is 24.3 Å². The number of nitrogens with zero attached hydrogens (tertiary/aromatic N) is 1. The van der Waals surface area contributed by atoms with Crippen LogP contribution in [0.1, 0.15) is 18.9 Å². The van der Waals surface area contributed by atoms with Gasteiger partial charge < -0.3 is 14.8 Å². The number of halogens is 2. The molecule has 1 atom stereocenters. The van der Waals surface area contributed by atoms with Crippen molar-refractivity contribution in [3.63, 3.8) is 0 Å². The van der Waals surface area contributed by atoms with Crippen molar-refractivity contribution < 1.29 is 19.1 Å². The monoisotopic (exact) mass is 480 g/mol. The van der Waals surface area contributed by atoms with E-state index in [0.29, 0.717) is 28.1 Å². The van der Waals surface area contributed by atoms with Crippen molar-refractivity contribution in [3.8, 4) is 11.5 Å². The summed E-state index contributed by atoms with van der Waals surface area (Å²) in [7, 11) is 1.62. The highest BCUT2D eigenvalue weighted by atomic mass is 79.9. The number of aryl methyl sites for hydroxylation is 1. The minimum Gasteiger partial charge on any atom is -0.497 e. The predicted molar refractivity (Wildman–Crippen MR) is 115 cm³/mol. The number of benzene rings is 2. The molecule has 6 nitrogen and oxygen atoms in total. The van der Waals surface area contributed by atoms with Crippen LogP contribution in [0.3, 0.4) is 0 Å². The molecule has 1 aliphatic rings. The van der Waals surface area contributed by atoms with Gasteiger partial charge in [0.25, 0.3) is 5.91 Å². The van der Waals surface area contributed by atoms with Gasteiger partial charge in [0, 0.05) is 5.02 Å². The summed E-state index contributed by atoms with van der Waals surface area (Å²) in [5, 5.41) is 3.41. The fourth-order valence-electron chi connectivity index (χ4n) is 3.15. The minimum absolute atomic E-state index is 0.165. The van der Waals surface area contributed by atoms with Crippen LogP contribution < -0.4 is 14.8 Å². The summed E-state index contributed by atoms with van der Waals surface area (Å²) >= 11 is 9.29. The summed E-state index contributed by atoms with van der Waals surface area (Å²) in [6, 6.07) is 12.4. The molecule has 154 valence electrons. The second-order valence-electron chi connectivity index (χ2n) is 6.99. The maximum atomic E-state index is 12.9. The maximum absolute atomic E-state index is 12.9. The molecule has 0 aromatic heterocycles. The van der Waals surface area contributed by atoms with E-state index in [1.54, 1.807) is 32.2 Å². The van der Waals surface area contributed by atoms with Gasteiger partial charge >= 0.3 is 6.03 Å². The van der Waals surface area contributed by atoms with Crippen LogP contribution in [-0.2, 0) is 11.2 Å². The fourth-order valence-corrected chi connectivity index (χ4v) is 3.94. The Kier molecular flexibility index (Phi) is 6.70. The molecular formula is C21H22BrClN2O4. The molecule has 29 heavy (non-hydrogen) atoms. The molecular weight excluding hydrogens is 460 g/mol. The van der Waals surface area contributed by atoms with E-state index in [-0.39, 0.29) is 19.1 Å². The molecule has 1 unspecified atom stereocenters. The van der Waals surface area contributed by atoms with Gasteiger partial charge in [-0.15, -0.1) is 0 Å². The third kappa shape index (κ3) is 5.03. The Balaban J connectivity index is 1.56. The van der Waals surface area contributed by atoms with Crippen LogP contribution >= 0.6 is 27.5 Å². The van der Waals surface area contributed by atoms with Gasteiger partial charge in [-0.05, 0) is 71.6 Å². The predicted octanol–water partition coefficient (Wildman–Crippen LogP) is 4.43. The van der Waals surface area contributed by atoms with Crippen LogP contribution in [0.4, 0.5) is 4.79 Å². The number of methoxy groups -OCH3 is 1. The molecule has 2 aromatic rings. The van der Waals surface area contributed by atoms with Crippen molar-refractivity contribution in [1.29, 1.82) is 0 Å². The second-order valence-corrected chi connectivity index (χ2v) is 8.28. The molecule has 0 saturated carbocycles. The van der Waals surface area contributed by atoms with Crippen LogP contribution in [0.5, 0.6) is 11.5 Å². The maximum Gasteiger partial charge on any atom is 0.325 e. The molecule has 1 fully saturated rings. The highest BCUT2D eigenvalue weighted by molar-refractivity contribution is 9.10. The third-order valence-electron chi connectivity index (χ3n) is 4.88. The van der Waals surface area contributed by atoms with Gasteiger partial charge in [-0.3, -0.25) is 9.69 Å². The smallest absolute Gasteiger partial charge is 0.325 e. The topological polar surface area (TPSA) is 67.9 Å². The first kappa shape index (κ1) is 21.5. The lowest BCUT2D eigenvalue weighted by Gasteiger charge is -2.21. The van der Waals surface area contributed by atoms with E-state index in [1.165, 1.54) is 4.90 Å². The Bertz CT molecular complexity index is 906. The number of carbonyl (C=O) groups excluding carboxylic acids is 2. The summed E-state index contributed by atoms with van der Waals surface area (Å²) in [4.78, 5) is 26.4. The largest absolute Gasteiger partial charge is 0.497 e. The summed E-state index contributed by atoms with van der Waals surface area (Å²) in [5.41, 5.74) is 0.140. The zero-order chi connectivity index (χ0) is 21.0. The van der Waals surface area contributed by atoms with Gasteiger partial charge in [0.1, 0.15) is 23.6 Å². The van der Waals surface area contributed by atoms with Crippen molar-refractivity contribution in [2.75, 3.05) is 20.3 Å². The number of rotatable bonds is 8. The lowest BCUT2D eigenvalue weighted by atomic mass is 9.93. The quantitative estimate of drug-likeness (QED) is 0.566. The first-order chi connectivity index (χ1) is 13.8. The van der Waals surface area contributed by atoms with E-state index in [4.69, 9.17) is 21.1 Å². The van der Waals surface area contributed by atoms with Crippen molar-refractivity contribution in [2.45, 2.75) is 25.3 Å². The van der Waals surface area contributed by atoms with Gasteiger partial charge in [0.15, 0.2) is 0 Å². The number of hydrogen-bond acceptors (Lipinski definition) is 4. The molecule has 0 spiro atoms. The lowest BCUT2D eigenvalue weighted by molar-refractivity contribution is -0.131. The Morgan fingerprint density at radius 1 is 1.17 bits per heavy atom. The van der Waals surface area contributed by atoms with Gasteiger partial charge in [-0.1, -0.05) is 23.7 Å². The Labute approximate surface area is 183 Å².